The summed E-state index contributed by atoms with van der Waals surface area (Å²) in [5, 5.41) is 19.3. The smallest absolute Gasteiger partial charge is 0.327 e. The minimum Gasteiger partial charge on any atom is -0.494 e. The lowest BCUT2D eigenvalue weighted by Crippen LogP contribution is -2.69. The van der Waals surface area contributed by atoms with Crippen molar-refractivity contribution in [1.29, 1.82) is 0 Å². The van der Waals surface area contributed by atoms with Crippen molar-refractivity contribution in [3.8, 4) is 11.5 Å². The number of β-lactam (4-membered cyclic amide) rings is 1. The van der Waals surface area contributed by atoms with Crippen LogP contribution in [0, 0.1) is 5.92 Å². The van der Waals surface area contributed by atoms with Gasteiger partial charge in [0.15, 0.2) is 0 Å². The van der Waals surface area contributed by atoms with Gasteiger partial charge in [-0.25, -0.2) is 9.59 Å². The van der Waals surface area contributed by atoms with Gasteiger partial charge in [0.25, 0.3) is 0 Å². The van der Waals surface area contributed by atoms with E-state index in [2.05, 4.69) is 0 Å². The Morgan fingerprint density at radius 3 is 2.18 bits per heavy atom. The fraction of sp³-hybridized carbons (Fsp3) is 0.400. The van der Waals surface area contributed by atoms with Crippen molar-refractivity contribution >= 4 is 17.8 Å². The molecule has 176 valence electrons. The lowest BCUT2D eigenvalue weighted by atomic mass is 9.81. The van der Waals surface area contributed by atoms with E-state index in [0.717, 1.165) is 16.2 Å². The van der Waals surface area contributed by atoms with Gasteiger partial charge < -0.3 is 24.6 Å². The number of ether oxygens (including phenoxy) is 2. The molecule has 0 saturated carbocycles. The van der Waals surface area contributed by atoms with Crippen LogP contribution in [0.2, 0.25) is 0 Å². The highest BCUT2D eigenvalue weighted by atomic mass is 16.5. The Morgan fingerprint density at radius 2 is 1.61 bits per heavy atom. The monoisotopic (exact) mass is 455 g/mol. The van der Waals surface area contributed by atoms with Crippen LogP contribution in [-0.4, -0.2) is 58.3 Å². The number of hydrogen-bond acceptors (Lipinski definition) is 5. The SMILES string of the molecule is CCOc1ccc(OCCCC[C@H]2C(=O)N(C(Cc3ccccc3)C(=O)O)[C@H]2C(=O)O)cc1. The standard InChI is InChI=1S/C25H29NO7/c1-2-32-18-11-13-19(14-12-18)33-15-7-6-10-20-22(25(30)31)26(23(20)27)21(24(28)29)16-17-8-4-3-5-9-17/h3-5,8-9,11-14,20-22H,2,6-7,10,15-16H2,1H3,(H,28,29)(H,30,31)/t20-,21?,22-/m1/s1. The Morgan fingerprint density at radius 1 is 0.970 bits per heavy atom. The minimum atomic E-state index is -1.21. The van der Waals surface area contributed by atoms with Gasteiger partial charge in [-0.15, -0.1) is 0 Å². The summed E-state index contributed by atoms with van der Waals surface area (Å²) in [7, 11) is 0. The molecule has 2 N–H and O–H groups in total. The molecule has 3 rings (SSSR count). The summed E-state index contributed by atoms with van der Waals surface area (Å²) >= 11 is 0. The van der Waals surface area contributed by atoms with E-state index in [1.165, 1.54) is 0 Å². The van der Waals surface area contributed by atoms with E-state index in [1.807, 2.05) is 37.3 Å². The first-order chi connectivity index (χ1) is 15.9. The summed E-state index contributed by atoms with van der Waals surface area (Å²) < 4.78 is 11.1. The van der Waals surface area contributed by atoms with Crippen molar-refractivity contribution in [2.24, 2.45) is 5.92 Å². The molecule has 1 saturated heterocycles. The molecule has 1 heterocycles. The number of carboxylic acid groups (broad SMARTS) is 2. The average molecular weight is 456 g/mol. The largest absolute Gasteiger partial charge is 0.494 e. The molecule has 0 bridgehead atoms. The molecule has 33 heavy (non-hydrogen) atoms. The van der Waals surface area contributed by atoms with Gasteiger partial charge in [0.2, 0.25) is 5.91 Å². The number of nitrogens with zero attached hydrogens (tertiary/aromatic N) is 1. The fourth-order valence-electron chi connectivity index (χ4n) is 4.09. The summed E-state index contributed by atoms with van der Waals surface area (Å²) in [5.74, 6) is -2.04. The van der Waals surface area contributed by atoms with Crippen molar-refractivity contribution in [1.82, 2.24) is 4.90 Å². The zero-order chi connectivity index (χ0) is 23.8. The van der Waals surface area contributed by atoms with Crippen molar-refractivity contribution in [2.45, 2.75) is 44.7 Å². The lowest BCUT2D eigenvalue weighted by Gasteiger charge is -2.47. The number of hydrogen-bond donors (Lipinski definition) is 2. The molecule has 2 aromatic rings. The molecule has 1 aliphatic rings. The molecule has 0 radical (unpaired) electrons. The van der Waals surface area contributed by atoms with Gasteiger partial charge in [-0.2, -0.15) is 0 Å². The van der Waals surface area contributed by atoms with Gasteiger partial charge >= 0.3 is 11.9 Å². The highest BCUT2D eigenvalue weighted by Crippen LogP contribution is 2.34. The van der Waals surface area contributed by atoms with Crippen LogP contribution in [0.4, 0.5) is 0 Å². The number of carboxylic acids is 2. The molecule has 3 atom stereocenters. The number of rotatable bonds is 13. The maximum Gasteiger partial charge on any atom is 0.327 e. The first kappa shape index (κ1) is 24.1. The van der Waals surface area contributed by atoms with Gasteiger partial charge in [-0.05, 0) is 56.0 Å². The van der Waals surface area contributed by atoms with Gasteiger partial charge in [-0.3, -0.25) is 4.79 Å². The highest BCUT2D eigenvalue weighted by Gasteiger charge is 2.55. The number of carbonyl (C=O) groups excluding carboxylic acids is 1. The van der Waals surface area contributed by atoms with Gasteiger partial charge in [0.05, 0.1) is 19.1 Å². The summed E-state index contributed by atoms with van der Waals surface area (Å²) in [6.45, 7) is 2.94. The third-order valence-electron chi connectivity index (χ3n) is 5.71. The third kappa shape index (κ3) is 6.03. The van der Waals surface area contributed by atoms with Crippen molar-refractivity contribution in [3.05, 3.63) is 60.2 Å². The molecule has 2 aromatic carbocycles. The summed E-state index contributed by atoms with van der Waals surface area (Å²) in [4.78, 5) is 37.4. The second-order valence-electron chi connectivity index (χ2n) is 7.93. The predicted octanol–water partition coefficient (Wildman–Crippen LogP) is 3.24. The molecule has 1 aliphatic heterocycles. The van der Waals surface area contributed by atoms with E-state index in [-0.39, 0.29) is 6.42 Å². The van der Waals surface area contributed by atoms with Crippen molar-refractivity contribution in [2.75, 3.05) is 13.2 Å². The number of unbranched alkanes of at least 4 members (excludes halogenated alkanes) is 1. The number of likely N-dealkylation sites (tertiary alicyclic amines) is 1. The Labute approximate surface area is 192 Å². The molecule has 1 unspecified atom stereocenters. The lowest BCUT2D eigenvalue weighted by molar-refractivity contribution is -0.180. The van der Waals surface area contributed by atoms with E-state index >= 15 is 0 Å². The molecule has 0 aliphatic carbocycles. The number of benzene rings is 2. The maximum absolute atomic E-state index is 12.7. The van der Waals surface area contributed by atoms with E-state index in [4.69, 9.17) is 9.47 Å². The molecule has 0 spiro atoms. The van der Waals surface area contributed by atoms with Crippen LogP contribution in [0.25, 0.3) is 0 Å². The van der Waals surface area contributed by atoms with E-state index in [1.54, 1.807) is 24.3 Å². The maximum atomic E-state index is 12.7. The quantitative estimate of drug-likeness (QED) is 0.352. The summed E-state index contributed by atoms with van der Waals surface area (Å²) in [6.07, 6.45) is 1.68. The predicted molar refractivity (Wildman–Crippen MR) is 120 cm³/mol. The van der Waals surface area contributed by atoms with Crippen LogP contribution in [0.3, 0.4) is 0 Å². The average Bonchev–Trinajstić information content (AvgIpc) is 2.80. The van der Waals surface area contributed by atoms with Crippen LogP contribution < -0.4 is 9.47 Å². The summed E-state index contributed by atoms with van der Waals surface area (Å²) in [6, 6.07) is 13.8. The zero-order valence-electron chi connectivity index (χ0n) is 18.6. The molecule has 1 fully saturated rings. The Hall–Kier alpha value is -3.55. The van der Waals surface area contributed by atoms with Gasteiger partial charge in [0, 0.05) is 6.42 Å². The van der Waals surface area contributed by atoms with Crippen LogP contribution >= 0.6 is 0 Å². The molecule has 0 aromatic heterocycles. The second-order valence-corrected chi connectivity index (χ2v) is 7.93. The van der Waals surface area contributed by atoms with Crippen LogP contribution in [0.15, 0.2) is 54.6 Å². The van der Waals surface area contributed by atoms with E-state index in [0.29, 0.717) is 38.2 Å². The van der Waals surface area contributed by atoms with Crippen molar-refractivity contribution in [3.63, 3.8) is 0 Å². The molecular formula is C25H29NO7. The van der Waals surface area contributed by atoms with Crippen LogP contribution in [0.5, 0.6) is 11.5 Å². The summed E-state index contributed by atoms with van der Waals surface area (Å²) in [5.41, 5.74) is 0.733. The van der Waals surface area contributed by atoms with Crippen LogP contribution in [0.1, 0.15) is 31.7 Å². The normalized spacial score (nSPS) is 18.3. The molecule has 8 nitrogen and oxygen atoms in total. The third-order valence-corrected chi connectivity index (χ3v) is 5.71. The van der Waals surface area contributed by atoms with Crippen molar-refractivity contribution < 1.29 is 34.1 Å². The zero-order valence-corrected chi connectivity index (χ0v) is 18.6. The van der Waals surface area contributed by atoms with Gasteiger partial charge in [0.1, 0.15) is 23.6 Å². The molecular weight excluding hydrogens is 426 g/mol. The Bertz CT molecular complexity index is 945. The van der Waals surface area contributed by atoms with Crippen LogP contribution in [-0.2, 0) is 20.8 Å². The number of aliphatic carboxylic acids is 2. The highest BCUT2D eigenvalue weighted by molar-refractivity contribution is 5.99. The van der Waals surface area contributed by atoms with E-state index < -0.39 is 35.8 Å². The topological polar surface area (TPSA) is 113 Å². The second kappa shape index (κ2) is 11.4. The van der Waals surface area contributed by atoms with E-state index in [9.17, 15) is 24.6 Å². The Kier molecular flexibility index (Phi) is 8.29. The van der Waals surface area contributed by atoms with Gasteiger partial charge in [-0.1, -0.05) is 30.3 Å². The first-order valence-corrected chi connectivity index (χ1v) is 11.1. The number of amides is 1. The number of carbonyl (C=O) groups is 3. The Balaban J connectivity index is 1.51. The molecule has 1 amide bonds. The first-order valence-electron chi connectivity index (χ1n) is 11.1. The fourth-order valence-corrected chi connectivity index (χ4v) is 4.09. The molecule has 8 heteroatoms. The minimum absolute atomic E-state index is 0.0638.